The SMILES string of the molecule is COc1ccc(CNC(=O)C2(CN)CCC2)cc1C. The third kappa shape index (κ3) is 2.73. The van der Waals surface area contributed by atoms with Crippen molar-refractivity contribution >= 4 is 5.91 Å². The highest BCUT2D eigenvalue weighted by Gasteiger charge is 2.42. The zero-order chi connectivity index (χ0) is 13.9. The fourth-order valence-corrected chi connectivity index (χ4v) is 2.55. The first-order chi connectivity index (χ1) is 9.11. The molecule has 0 unspecified atom stereocenters. The zero-order valence-corrected chi connectivity index (χ0v) is 11.7. The van der Waals surface area contributed by atoms with Crippen LogP contribution in [0.1, 0.15) is 30.4 Å². The van der Waals surface area contributed by atoms with E-state index in [-0.39, 0.29) is 11.3 Å². The van der Waals surface area contributed by atoms with Crippen molar-refractivity contribution < 1.29 is 9.53 Å². The van der Waals surface area contributed by atoms with E-state index in [1.165, 1.54) is 0 Å². The Morgan fingerprint density at radius 2 is 2.21 bits per heavy atom. The largest absolute Gasteiger partial charge is 0.496 e. The Hall–Kier alpha value is -1.55. The third-order valence-corrected chi connectivity index (χ3v) is 4.10. The molecule has 1 saturated carbocycles. The molecule has 2 rings (SSSR count). The summed E-state index contributed by atoms with van der Waals surface area (Å²) in [7, 11) is 1.66. The fraction of sp³-hybridized carbons (Fsp3) is 0.533. The molecule has 3 N–H and O–H groups in total. The normalized spacial score (nSPS) is 16.6. The number of hydrogen-bond donors (Lipinski definition) is 2. The molecule has 1 fully saturated rings. The molecule has 1 aliphatic rings. The monoisotopic (exact) mass is 262 g/mol. The second kappa shape index (κ2) is 5.61. The van der Waals surface area contributed by atoms with Crippen molar-refractivity contribution in [3.05, 3.63) is 29.3 Å². The molecule has 0 spiro atoms. The van der Waals surface area contributed by atoms with Crippen molar-refractivity contribution in [2.75, 3.05) is 13.7 Å². The van der Waals surface area contributed by atoms with Gasteiger partial charge in [-0.3, -0.25) is 4.79 Å². The van der Waals surface area contributed by atoms with Gasteiger partial charge in [-0.25, -0.2) is 0 Å². The summed E-state index contributed by atoms with van der Waals surface area (Å²) in [6.07, 6.45) is 2.93. The molecule has 4 nitrogen and oxygen atoms in total. The lowest BCUT2D eigenvalue weighted by Crippen LogP contribution is -2.50. The summed E-state index contributed by atoms with van der Waals surface area (Å²) in [5.41, 5.74) is 7.58. The molecule has 0 heterocycles. The van der Waals surface area contributed by atoms with Crippen molar-refractivity contribution in [2.24, 2.45) is 11.1 Å². The predicted octanol–water partition coefficient (Wildman–Crippen LogP) is 1.75. The molecule has 1 aliphatic carbocycles. The Labute approximate surface area is 114 Å². The second-order valence-corrected chi connectivity index (χ2v) is 5.32. The number of nitrogens with one attached hydrogen (secondary N) is 1. The van der Waals surface area contributed by atoms with Gasteiger partial charge in [0.2, 0.25) is 5.91 Å². The van der Waals surface area contributed by atoms with Gasteiger partial charge in [-0.2, -0.15) is 0 Å². The van der Waals surface area contributed by atoms with E-state index >= 15 is 0 Å². The summed E-state index contributed by atoms with van der Waals surface area (Å²) in [5, 5.41) is 3.00. The molecule has 0 saturated heterocycles. The number of aryl methyl sites for hydroxylation is 1. The van der Waals surface area contributed by atoms with Gasteiger partial charge in [0, 0.05) is 13.1 Å². The van der Waals surface area contributed by atoms with E-state index in [4.69, 9.17) is 10.5 Å². The molecule has 0 atom stereocenters. The molecular weight excluding hydrogens is 240 g/mol. The molecule has 4 heteroatoms. The maximum Gasteiger partial charge on any atom is 0.227 e. The van der Waals surface area contributed by atoms with Gasteiger partial charge in [-0.05, 0) is 37.0 Å². The Morgan fingerprint density at radius 3 is 2.68 bits per heavy atom. The van der Waals surface area contributed by atoms with Gasteiger partial charge in [-0.15, -0.1) is 0 Å². The van der Waals surface area contributed by atoms with Gasteiger partial charge in [0.15, 0.2) is 0 Å². The average Bonchev–Trinajstić information content (AvgIpc) is 2.36. The first-order valence-electron chi connectivity index (χ1n) is 6.73. The summed E-state index contributed by atoms with van der Waals surface area (Å²) < 4.78 is 5.22. The Morgan fingerprint density at radius 1 is 1.47 bits per heavy atom. The maximum absolute atomic E-state index is 12.1. The Balaban J connectivity index is 1.95. The quantitative estimate of drug-likeness (QED) is 0.849. The van der Waals surface area contributed by atoms with Crippen LogP contribution in [0.25, 0.3) is 0 Å². The van der Waals surface area contributed by atoms with Crippen LogP contribution in [0.4, 0.5) is 0 Å². The van der Waals surface area contributed by atoms with Crippen molar-refractivity contribution in [3.8, 4) is 5.75 Å². The van der Waals surface area contributed by atoms with Crippen LogP contribution in [0, 0.1) is 12.3 Å². The lowest BCUT2D eigenvalue weighted by atomic mass is 9.68. The molecule has 19 heavy (non-hydrogen) atoms. The fourth-order valence-electron chi connectivity index (χ4n) is 2.55. The molecule has 0 bridgehead atoms. The zero-order valence-electron chi connectivity index (χ0n) is 11.7. The summed E-state index contributed by atoms with van der Waals surface area (Å²) in [5.74, 6) is 0.960. The van der Waals surface area contributed by atoms with Crippen molar-refractivity contribution in [3.63, 3.8) is 0 Å². The smallest absolute Gasteiger partial charge is 0.227 e. The lowest BCUT2D eigenvalue weighted by molar-refractivity contribution is -0.135. The predicted molar refractivity (Wildman–Crippen MR) is 74.9 cm³/mol. The molecule has 1 amide bonds. The molecule has 0 radical (unpaired) electrons. The Bertz CT molecular complexity index is 462. The minimum atomic E-state index is -0.304. The standard InChI is InChI=1S/C15H22N2O2/c1-11-8-12(4-5-13(11)19-2)9-17-14(18)15(10-16)6-3-7-15/h4-5,8H,3,6-7,9-10,16H2,1-2H3,(H,17,18). The summed E-state index contributed by atoms with van der Waals surface area (Å²) in [6.45, 7) is 2.99. The van der Waals surface area contributed by atoms with Crippen LogP contribution in [0.3, 0.4) is 0 Å². The van der Waals surface area contributed by atoms with Crippen LogP contribution in [-0.2, 0) is 11.3 Å². The minimum absolute atomic E-state index is 0.0923. The summed E-state index contributed by atoms with van der Waals surface area (Å²) >= 11 is 0. The van der Waals surface area contributed by atoms with Gasteiger partial charge >= 0.3 is 0 Å². The van der Waals surface area contributed by atoms with Gasteiger partial charge in [0.1, 0.15) is 5.75 Å². The maximum atomic E-state index is 12.1. The molecule has 1 aromatic rings. The van der Waals surface area contributed by atoms with Crippen molar-refractivity contribution in [1.82, 2.24) is 5.32 Å². The summed E-state index contributed by atoms with van der Waals surface area (Å²) in [4.78, 5) is 12.1. The highest BCUT2D eigenvalue weighted by Crippen LogP contribution is 2.40. The first-order valence-corrected chi connectivity index (χ1v) is 6.73. The van der Waals surface area contributed by atoms with Crippen LogP contribution in [0.15, 0.2) is 18.2 Å². The van der Waals surface area contributed by atoms with Crippen LogP contribution in [-0.4, -0.2) is 19.6 Å². The van der Waals surface area contributed by atoms with E-state index in [2.05, 4.69) is 5.32 Å². The molecular formula is C15H22N2O2. The lowest BCUT2D eigenvalue weighted by Gasteiger charge is -2.39. The van der Waals surface area contributed by atoms with Crippen LogP contribution in [0.2, 0.25) is 0 Å². The van der Waals surface area contributed by atoms with E-state index in [1.807, 2.05) is 25.1 Å². The van der Waals surface area contributed by atoms with E-state index < -0.39 is 0 Å². The van der Waals surface area contributed by atoms with E-state index in [1.54, 1.807) is 7.11 Å². The summed E-state index contributed by atoms with van der Waals surface area (Å²) in [6, 6.07) is 5.94. The number of carbonyl (C=O) groups excluding carboxylic acids is 1. The topological polar surface area (TPSA) is 64.3 Å². The van der Waals surface area contributed by atoms with Gasteiger partial charge in [-0.1, -0.05) is 18.6 Å². The van der Waals surface area contributed by atoms with Crippen LogP contribution in [0.5, 0.6) is 5.75 Å². The highest BCUT2D eigenvalue weighted by molar-refractivity contribution is 5.83. The third-order valence-electron chi connectivity index (χ3n) is 4.10. The number of ether oxygens (including phenoxy) is 1. The number of rotatable bonds is 5. The van der Waals surface area contributed by atoms with E-state index in [0.717, 1.165) is 36.1 Å². The van der Waals surface area contributed by atoms with Gasteiger partial charge < -0.3 is 15.8 Å². The van der Waals surface area contributed by atoms with Crippen LogP contribution >= 0.6 is 0 Å². The number of methoxy groups -OCH3 is 1. The number of nitrogens with two attached hydrogens (primary N) is 1. The average molecular weight is 262 g/mol. The number of benzene rings is 1. The molecule has 1 aromatic carbocycles. The van der Waals surface area contributed by atoms with E-state index in [9.17, 15) is 4.79 Å². The first kappa shape index (κ1) is 13.9. The minimum Gasteiger partial charge on any atom is -0.496 e. The van der Waals surface area contributed by atoms with Crippen molar-refractivity contribution in [1.29, 1.82) is 0 Å². The van der Waals surface area contributed by atoms with Gasteiger partial charge in [0.05, 0.1) is 12.5 Å². The Kier molecular flexibility index (Phi) is 4.10. The molecule has 104 valence electrons. The molecule has 0 aromatic heterocycles. The van der Waals surface area contributed by atoms with Gasteiger partial charge in [0.25, 0.3) is 0 Å². The van der Waals surface area contributed by atoms with Crippen molar-refractivity contribution in [2.45, 2.75) is 32.7 Å². The number of carbonyl (C=O) groups is 1. The highest BCUT2D eigenvalue weighted by atomic mass is 16.5. The van der Waals surface area contributed by atoms with E-state index in [0.29, 0.717) is 13.1 Å². The molecule has 0 aliphatic heterocycles. The second-order valence-electron chi connectivity index (χ2n) is 5.32. The number of amides is 1. The number of hydrogen-bond acceptors (Lipinski definition) is 3. The van der Waals surface area contributed by atoms with Crippen LogP contribution < -0.4 is 15.8 Å².